The Morgan fingerprint density at radius 1 is 1.00 bits per heavy atom. The molecule has 43 heavy (non-hydrogen) atoms. The molecule has 3 atom stereocenters. The first-order valence-corrected chi connectivity index (χ1v) is 15.3. The maximum Gasteiger partial charge on any atom is 0.308 e. The zero-order valence-electron chi connectivity index (χ0n) is 22.2. The number of halogens is 2. The Hall–Kier alpha value is -3.97. The number of non-ortho nitro benzene ring substituents is 1. The molecule has 10 nitrogen and oxygen atoms in total. The van der Waals surface area contributed by atoms with E-state index in [9.17, 15) is 29.3 Å². The number of thiazole rings is 1. The lowest BCUT2D eigenvalue weighted by atomic mass is 9.83. The van der Waals surface area contributed by atoms with E-state index in [4.69, 9.17) is 23.2 Å². The lowest BCUT2D eigenvalue weighted by Crippen LogP contribution is -2.33. The van der Waals surface area contributed by atoms with Crippen LogP contribution in [0.4, 0.5) is 17.1 Å². The Labute approximate surface area is 262 Å². The van der Waals surface area contributed by atoms with Crippen LogP contribution >= 0.6 is 46.3 Å². The van der Waals surface area contributed by atoms with Crippen molar-refractivity contribution in [1.82, 2.24) is 4.57 Å². The van der Waals surface area contributed by atoms with Gasteiger partial charge in [-0.2, -0.15) is 0 Å². The molecule has 1 fully saturated rings. The van der Waals surface area contributed by atoms with E-state index in [1.807, 2.05) is 19.1 Å². The molecule has 3 unspecified atom stereocenters. The number of fused-ring (bicyclic) bond motifs is 2. The van der Waals surface area contributed by atoms with Crippen molar-refractivity contribution >= 4 is 81.1 Å². The maximum atomic E-state index is 14.0. The summed E-state index contributed by atoms with van der Waals surface area (Å²) in [4.78, 5) is 65.8. The van der Waals surface area contributed by atoms with Gasteiger partial charge >= 0.3 is 4.87 Å². The molecule has 0 bridgehead atoms. The molecule has 1 saturated heterocycles. The summed E-state index contributed by atoms with van der Waals surface area (Å²) in [5, 5.41) is 13.8. The van der Waals surface area contributed by atoms with Gasteiger partial charge < -0.3 is 5.32 Å². The number of anilines is 2. The number of nitrogens with one attached hydrogen (secondary N) is 1. The Morgan fingerprint density at radius 2 is 1.70 bits per heavy atom. The third-order valence-corrected chi connectivity index (χ3v) is 10.8. The Kier molecular flexibility index (Phi) is 7.63. The highest BCUT2D eigenvalue weighted by molar-refractivity contribution is 8.00. The van der Waals surface area contributed by atoms with Gasteiger partial charge in [0.2, 0.25) is 17.7 Å². The van der Waals surface area contributed by atoms with Gasteiger partial charge in [0, 0.05) is 28.6 Å². The largest absolute Gasteiger partial charge is 0.325 e. The lowest BCUT2D eigenvalue weighted by molar-refractivity contribution is -0.384. The van der Waals surface area contributed by atoms with Crippen LogP contribution in [0.25, 0.3) is 0 Å². The van der Waals surface area contributed by atoms with Crippen LogP contribution in [0, 0.1) is 23.0 Å². The Morgan fingerprint density at radius 3 is 2.37 bits per heavy atom. The number of imide groups is 1. The van der Waals surface area contributed by atoms with Crippen molar-refractivity contribution in [3.63, 3.8) is 0 Å². The van der Waals surface area contributed by atoms with E-state index in [0.29, 0.717) is 21.2 Å². The number of carbonyl (C=O) groups excluding carboxylic acids is 3. The Balaban J connectivity index is 1.42. The van der Waals surface area contributed by atoms with Gasteiger partial charge in [0.25, 0.3) is 5.69 Å². The number of thioether (sulfide) groups is 1. The van der Waals surface area contributed by atoms with Crippen molar-refractivity contribution < 1.29 is 19.3 Å². The van der Waals surface area contributed by atoms with Gasteiger partial charge in [0.1, 0.15) is 11.8 Å². The van der Waals surface area contributed by atoms with Gasteiger partial charge in [-0.05, 0) is 42.8 Å². The number of benzene rings is 3. The minimum absolute atomic E-state index is 0.185. The fourth-order valence-corrected chi connectivity index (χ4v) is 8.50. The zero-order valence-corrected chi connectivity index (χ0v) is 25.3. The van der Waals surface area contributed by atoms with Gasteiger partial charge in [0.15, 0.2) is 0 Å². The quantitative estimate of drug-likeness (QED) is 0.156. The van der Waals surface area contributed by atoms with Gasteiger partial charge in [-0.15, -0.1) is 0 Å². The van der Waals surface area contributed by atoms with Crippen LogP contribution in [0.3, 0.4) is 0 Å². The van der Waals surface area contributed by atoms with E-state index in [1.54, 1.807) is 30.3 Å². The highest BCUT2D eigenvalue weighted by atomic mass is 35.5. The summed E-state index contributed by atoms with van der Waals surface area (Å²) in [5.74, 6) is -3.28. The smallest absolute Gasteiger partial charge is 0.308 e. The molecule has 0 spiro atoms. The monoisotopic (exact) mass is 654 g/mol. The molecule has 3 aromatic carbocycles. The number of hydrogen-bond acceptors (Lipinski definition) is 8. The molecule has 2 aliphatic heterocycles. The molecule has 1 aromatic heterocycles. The van der Waals surface area contributed by atoms with Gasteiger partial charge in [-0.3, -0.25) is 33.9 Å². The van der Waals surface area contributed by atoms with Gasteiger partial charge in [-0.25, -0.2) is 4.90 Å². The highest BCUT2D eigenvalue weighted by Crippen LogP contribution is 2.55. The summed E-state index contributed by atoms with van der Waals surface area (Å²) < 4.78 is 1.31. The number of aromatic nitrogens is 1. The van der Waals surface area contributed by atoms with E-state index in [0.717, 1.165) is 33.6 Å². The fraction of sp³-hybridized carbons (Fsp3) is 0.172. The van der Waals surface area contributed by atoms with E-state index in [2.05, 4.69) is 5.32 Å². The summed E-state index contributed by atoms with van der Waals surface area (Å²) in [6.45, 7) is 1.61. The third kappa shape index (κ3) is 5.14. The first-order chi connectivity index (χ1) is 20.5. The molecular formula is C29H20Cl2N4O6S2. The van der Waals surface area contributed by atoms with Gasteiger partial charge in [0.05, 0.1) is 31.6 Å². The second-order valence-electron chi connectivity index (χ2n) is 10.0. The Bertz CT molecular complexity index is 1870. The number of nitro benzene ring substituents is 1. The molecule has 1 N–H and O–H groups in total. The van der Waals surface area contributed by atoms with Crippen molar-refractivity contribution in [1.29, 1.82) is 0 Å². The average Bonchev–Trinajstić information content (AvgIpc) is 3.42. The number of carbonyl (C=O) groups is 3. The number of nitrogens with zero attached hydrogens (tertiary/aromatic N) is 3. The number of rotatable bonds is 6. The summed E-state index contributed by atoms with van der Waals surface area (Å²) in [5.41, 5.74) is 2.06. The predicted octanol–water partition coefficient (Wildman–Crippen LogP) is 5.87. The van der Waals surface area contributed by atoms with Crippen LogP contribution < -0.4 is 15.1 Å². The highest BCUT2D eigenvalue weighted by Gasteiger charge is 2.57. The standard InChI is InChI=1S/C29H20Cl2N4O6S2/c1-14-5-7-15(8-6-14)32-20(36)13-33-28-25(43-29(33)39)21(18-3-2-4-19(30)23(18)31)22-24(42-28)27(38)34(26(22)37)16-9-11-17(12-10-16)35(40)41/h2-12,21-22,24H,13H2,1H3,(H,32,36). The first-order valence-electron chi connectivity index (χ1n) is 12.9. The second kappa shape index (κ2) is 11.3. The van der Waals surface area contributed by atoms with Gasteiger partial charge in [-0.1, -0.05) is 76.1 Å². The van der Waals surface area contributed by atoms with Crippen LogP contribution in [0.15, 0.2) is 76.6 Å². The number of nitro groups is 1. The molecule has 3 amide bonds. The predicted molar refractivity (Wildman–Crippen MR) is 165 cm³/mol. The number of aryl methyl sites for hydroxylation is 1. The molecule has 0 aliphatic carbocycles. The van der Waals surface area contributed by atoms with Crippen LogP contribution in [-0.2, 0) is 20.9 Å². The van der Waals surface area contributed by atoms with Crippen molar-refractivity contribution in [2.75, 3.05) is 10.2 Å². The fourth-order valence-electron chi connectivity index (χ4n) is 5.31. The first kappa shape index (κ1) is 29.1. The average molecular weight is 656 g/mol. The van der Waals surface area contributed by atoms with E-state index < -0.39 is 44.6 Å². The molecule has 6 rings (SSSR count). The lowest BCUT2D eigenvalue weighted by Gasteiger charge is -2.31. The van der Waals surface area contributed by atoms with Crippen molar-refractivity contribution in [3.8, 4) is 0 Å². The third-order valence-electron chi connectivity index (χ3n) is 7.32. The SMILES string of the molecule is Cc1ccc(NC(=O)Cn2c3c(sc2=O)C(c2cccc(Cl)c2Cl)C2C(=O)N(c4ccc([N+](=O)[O-])cc4)C(=O)C2S3)cc1. The van der Waals surface area contributed by atoms with Crippen LogP contribution in [-0.4, -0.2) is 32.5 Å². The maximum absolute atomic E-state index is 14.0. The normalized spacial score (nSPS) is 19.2. The topological polar surface area (TPSA) is 132 Å². The minimum atomic E-state index is -0.962. The van der Waals surface area contributed by atoms with Crippen molar-refractivity contribution in [3.05, 3.63) is 113 Å². The molecular weight excluding hydrogens is 635 g/mol. The van der Waals surface area contributed by atoms with Crippen LogP contribution in [0.5, 0.6) is 0 Å². The van der Waals surface area contributed by atoms with E-state index in [1.165, 1.54) is 28.8 Å². The summed E-state index contributed by atoms with van der Waals surface area (Å²) >= 11 is 14.9. The van der Waals surface area contributed by atoms with E-state index >= 15 is 0 Å². The number of hydrogen-bond donors (Lipinski definition) is 1. The molecule has 0 radical (unpaired) electrons. The van der Waals surface area contributed by atoms with Crippen LogP contribution in [0.1, 0.15) is 21.9 Å². The molecule has 14 heteroatoms. The van der Waals surface area contributed by atoms with Crippen molar-refractivity contribution in [2.45, 2.75) is 29.7 Å². The number of amides is 3. The molecule has 4 aromatic rings. The van der Waals surface area contributed by atoms with Crippen LogP contribution in [0.2, 0.25) is 10.0 Å². The van der Waals surface area contributed by atoms with Crippen molar-refractivity contribution in [2.24, 2.45) is 5.92 Å². The van der Waals surface area contributed by atoms with E-state index in [-0.39, 0.29) is 28.0 Å². The summed E-state index contributed by atoms with van der Waals surface area (Å²) in [7, 11) is 0. The minimum Gasteiger partial charge on any atom is -0.325 e. The molecule has 0 saturated carbocycles. The second-order valence-corrected chi connectivity index (χ2v) is 12.9. The summed E-state index contributed by atoms with van der Waals surface area (Å²) in [6.07, 6.45) is 0. The molecule has 3 heterocycles. The molecule has 2 aliphatic rings. The zero-order chi connectivity index (χ0) is 30.6. The molecule has 218 valence electrons. The summed E-state index contributed by atoms with van der Waals surface area (Å²) in [6, 6.07) is 17.3.